The molecule has 0 spiro atoms. The van der Waals surface area contributed by atoms with Crippen LogP contribution in [0.2, 0.25) is 0 Å². The van der Waals surface area contributed by atoms with Gasteiger partial charge in [0.05, 0.1) is 12.8 Å². The average molecular weight is 285 g/mol. The number of aryl methyl sites for hydroxylation is 1. The molecule has 0 bridgehead atoms. The number of aliphatic hydroxyl groups is 1. The summed E-state index contributed by atoms with van der Waals surface area (Å²) < 4.78 is 5.36. The molecule has 1 aliphatic rings. The fourth-order valence-electron chi connectivity index (χ4n) is 2.66. The Labute approximate surface area is 123 Å². The first-order valence-corrected chi connectivity index (χ1v) is 7.21. The van der Waals surface area contributed by atoms with E-state index in [9.17, 15) is 9.90 Å². The van der Waals surface area contributed by atoms with Crippen molar-refractivity contribution in [2.45, 2.75) is 25.4 Å². The molecule has 1 fully saturated rings. The predicted molar refractivity (Wildman–Crippen MR) is 78.8 cm³/mol. The van der Waals surface area contributed by atoms with E-state index in [2.05, 4.69) is 5.32 Å². The second-order valence-corrected chi connectivity index (χ2v) is 5.67. The maximum absolute atomic E-state index is 12.3. The minimum atomic E-state index is -1.11. The highest BCUT2D eigenvalue weighted by Gasteiger charge is 2.47. The Kier molecular flexibility index (Phi) is 3.55. The van der Waals surface area contributed by atoms with Crippen LogP contribution in [0.5, 0.6) is 0 Å². The standard InChI is InChI=1S/C17H19NO3/c1-12-5-2-3-6-14(12)16(19)18-11-17(20,13-8-9-13)15-7-4-10-21-15/h2-7,10,13,20H,8-9,11H2,1H3,(H,18,19). The van der Waals surface area contributed by atoms with Crippen molar-refractivity contribution in [2.24, 2.45) is 5.92 Å². The van der Waals surface area contributed by atoms with E-state index >= 15 is 0 Å². The Morgan fingerprint density at radius 1 is 1.33 bits per heavy atom. The number of hydrogen-bond donors (Lipinski definition) is 2. The molecule has 1 unspecified atom stereocenters. The molecule has 1 heterocycles. The Morgan fingerprint density at radius 3 is 2.71 bits per heavy atom. The van der Waals surface area contributed by atoms with Gasteiger partial charge in [0.1, 0.15) is 11.4 Å². The highest BCUT2D eigenvalue weighted by molar-refractivity contribution is 5.95. The fourth-order valence-corrected chi connectivity index (χ4v) is 2.66. The summed E-state index contributed by atoms with van der Waals surface area (Å²) in [4.78, 5) is 12.3. The lowest BCUT2D eigenvalue weighted by atomic mass is 9.94. The normalized spacial score (nSPS) is 17.2. The van der Waals surface area contributed by atoms with Crippen LogP contribution in [0.15, 0.2) is 47.1 Å². The number of carbonyl (C=O) groups is 1. The van der Waals surface area contributed by atoms with Crippen molar-refractivity contribution in [3.8, 4) is 0 Å². The van der Waals surface area contributed by atoms with Gasteiger partial charge in [-0.2, -0.15) is 0 Å². The molecule has 3 rings (SSSR count). The van der Waals surface area contributed by atoms with Crippen molar-refractivity contribution < 1.29 is 14.3 Å². The summed E-state index contributed by atoms with van der Waals surface area (Å²) in [5, 5.41) is 13.7. The smallest absolute Gasteiger partial charge is 0.251 e. The molecule has 1 saturated carbocycles. The lowest BCUT2D eigenvalue weighted by Crippen LogP contribution is -2.42. The molecule has 1 aromatic heterocycles. The summed E-state index contributed by atoms with van der Waals surface area (Å²) in [5.41, 5.74) is 0.444. The Bertz CT molecular complexity index is 631. The molecule has 1 aromatic carbocycles. The number of benzene rings is 1. The molecular formula is C17H19NO3. The first kappa shape index (κ1) is 13.9. The van der Waals surface area contributed by atoms with Gasteiger partial charge in [0.2, 0.25) is 0 Å². The number of nitrogens with one attached hydrogen (secondary N) is 1. The summed E-state index contributed by atoms with van der Waals surface area (Å²) in [6.45, 7) is 2.06. The Morgan fingerprint density at radius 2 is 2.10 bits per heavy atom. The molecule has 21 heavy (non-hydrogen) atoms. The van der Waals surface area contributed by atoms with E-state index in [1.165, 1.54) is 0 Å². The van der Waals surface area contributed by atoms with Gasteiger partial charge in [0, 0.05) is 5.56 Å². The van der Waals surface area contributed by atoms with Gasteiger partial charge < -0.3 is 14.8 Å². The van der Waals surface area contributed by atoms with E-state index < -0.39 is 5.60 Å². The second-order valence-electron chi connectivity index (χ2n) is 5.67. The molecule has 0 saturated heterocycles. The van der Waals surface area contributed by atoms with E-state index in [1.807, 2.05) is 25.1 Å². The first-order chi connectivity index (χ1) is 10.1. The number of amides is 1. The zero-order valence-electron chi connectivity index (χ0n) is 12.0. The molecule has 0 radical (unpaired) electrons. The maximum atomic E-state index is 12.3. The van der Waals surface area contributed by atoms with E-state index in [-0.39, 0.29) is 18.4 Å². The zero-order chi connectivity index (χ0) is 14.9. The van der Waals surface area contributed by atoms with Crippen molar-refractivity contribution >= 4 is 5.91 Å². The van der Waals surface area contributed by atoms with Gasteiger partial charge in [-0.1, -0.05) is 18.2 Å². The molecule has 4 heteroatoms. The monoisotopic (exact) mass is 285 g/mol. The molecular weight excluding hydrogens is 266 g/mol. The number of hydrogen-bond acceptors (Lipinski definition) is 3. The summed E-state index contributed by atoms with van der Waals surface area (Å²) in [5.74, 6) is 0.509. The van der Waals surface area contributed by atoms with Crippen LogP contribution in [0, 0.1) is 12.8 Å². The number of carbonyl (C=O) groups excluding carboxylic acids is 1. The van der Waals surface area contributed by atoms with Gasteiger partial charge in [-0.15, -0.1) is 0 Å². The Balaban J connectivity index is 1.74. The number of rotatable bonds is 5. The molecule has 1 amide bonds. The predicted octanol–water partition coefficient (Wildman–Crippen LogP) is 2.62. The van der Waals surface area contributed by atoms with E-state index in [4.69, 9.17) is 4.42 Å². The highest BCUT2D eigenvalue weighted by atomic mass is 16.4. The van der Waals surface area contributed by atoms with E-state index in [0.29, 0.717) is 11.3 Å². The molecule has 2 N–H and O–H groups in total. The van der Waals surface area contributed by atoms with Crippen molar-refractivity contribution in [3.63, 3.8) is 0 Å². The number of furan rings is 1. The minimum Gasteiger partial charge on any atom is -0.466 e. The van der Waals surface area contributed by atoms with Crippen LogP contribution in [-0.2, 0) is 5.60 Å². The largest absolute Gasteiger partial charge is 0.466 e. The quantitative estimate of drug-likeness (QED) is 0.887. The summed E-state index contributed by atoms with van der Waals surface area (Å²) in [6.07, 6.45) is 3.46. The van der Waals surface area contributed by atoms with Crippen LogP contribution in [0.1, 0.15) is 34.5 Å². The van der Waals surface area contributed by atoms with Crippen LogP contribution in [0.25, 0.3) is 0 Å². The third-order valence-corrected chi connectivity index (χ3v) is 4.11. The van der Waals surface area contributed by atoms with Crippen LogP contribution >= 0.6 is 0 Å². The minimum absolute atomic E-state index is 0.154. The van der Waals surface area contributed by atoms with E-state index in [0.717, 1.165) is 18.4 Å². The third kappa shape index (κ3) is 2.72. The molecule has 0 aliphatic heterocycles. The maximum Gasteiger partial charge on any atom is 0.251 e. The van der Waals surface area contributed by atoms with Gasteiger partial charge in [-0.25, -0.2) is 0 Å². The summed E-state index contributed by atoms with van der Waals surface area (Å²) >= 11 is 0. The SMILES string of the molecule is Cc1ccccc1C(=O)NCC(O)(c1ccco1)C1CC1. The fraction of sp³-hybridized carbons (Fsp3) is 0.353. The average Bonchev–Trinajstić information content (AvgIpc) is 3.20. The van der Waals surface area contributed by atoms with Crippen LogP contribution in [0.3, 0.4) is 0 Å². The van der Waals surface area contributed by atoms with Gasteiger partial charge >= 0.3 is 0 Å². The van der Waals surface area contributed by atoms with Gasteiger partial charge in [0.25, 0.3) is 5.91 Å². The van der Waals surface area contributed by atoms with E-state index in [1.54, 1.807) is 24.5 Å². The van der Waals surface area contributed by atoms with Crippen LogP contribution < -0.4 is 5.32 Å². The summed E-state index contributed by atoms with van der Waals surface area (Å²) in [7, 11) is 0. The van der Waals surface area contributed by atoms with Crippen molar-refractivity contribution in [1.82, 2.24) is 5.32 Å². The van der Waals surface area contributed by atoms with Gasteiger partial charge in [0.15, 0.2) is 0 Å². The van der Waals surface area contributed by atoms with Crippen molar-refractivity contribution in [1.29, 1.82) is 0 Å². The van der Waals surface area contributed by atoms with Crippen LogP contribution in [-0.4, -0.2) is 17.6 Å². The van der Waals surface area contributed by atoms with Crippen molar-refractivity contribution in [2.75, 3.05) is 6.54 Å². The van der Waals surface area contributed by atoms with Gasteiger partial charge in [-0.3, -0.25) is 4.79 Å². The molecule has 1 aliphatic carbocycles. The lowest BCUT2D eigenvalue weighted by Gasteiger charge is -2.26. The Hall–Kier alpha value is -2.07. The van der Waals surface area contributed by atoms with Gasteiger partial charge in [-0.05, 0) is 49.4 Å². The molecule has 110 valence electrons. The lowest BCUT2D eigenvalue weighted by molar-refractivity contribution is -0.00611. The molecule has 1 atom stereocenters. The molecule has 4 nitrogen and oxygen atoms in total. The van der Waals surface area contributed by atoms with Crippen molar-refractivity contribution in [3.05, 3.63) is 59.5 Å². The summed E-state index contributed by atoms with van der Waals surface area (Å²) in [6, 6.07) is 10.9. The van der Waals surface area contributed by atoms with Crippen LogP contribution in [0.4, 0.5) is 0 Å². The first-order valence-electron chi connectivity index (χ1n) is 7.21. The third-order valence-electron chi connectivity index (χ3n) is 4.11. The molecule has 2 aromatic rings. The highest BCUT2D eigenvalue weighted by Crippen LogP contribution is 2.45. The zero-order valence-corrected chi connectivity index (χ0v) is 12.0. The topological polar surface area (TPSA) is 62.5 Å². The second kappa shape index (κ2) is 5.37.